The zero-order valence-electron chi connectivity index (χ0n) is 23.4. The summed E-state index contributed by atoms with van der Waals surface area (Å²) >= 11 is 0. The summed E-state index contributed by atoms with van der Waals surface area (Å²) in [6.45, 7) is 13.9. The van der Waals surface area contributed by atoms with Crippen LogP contribution in [0, 0.1) is 0 Å². The van der Waals surface area contributed by atoms with Crippen molar-refractivity contribution < 1.29 is 4.42 Å². The van der Waals surface area contributed by atoms with Gasteiger partial charge in [0.25, 0.3) is 0 Å². The predicted molar refractivity (Wildman–Crippen MR) is 144 cm³/mol. The van der Waals surface area contributed by atoms with Crippen molar-refractivity contribution in [1.29, 1.82) is 0 Å². The number of aromatic nitrogens is 2. The molecule has 194 valence electrons. The van der Waals surface area contributed by atoms with E-state index in [1.807, 2.05) is 0 Å². The van der Waals surface area contributed by atoms with E-state index in [2.05, 4.69) is 41.5 Å². The Morgan fingerprint density at radius 1 is 0.455 bits per heavy atom. The highest BCUT2D eigenvalue weighted by atomic mass is 16.4. The van der Waals surface area contributed by atoms with Gasteiger partial charge < -0.3 is 4.42 Å². The molecule has 3 heteroatoms. The molecule has 1 aromatic rings. The van der Waals surface area contributed by atoms with Crippen LogP contribution in [-0.2, 0) is 10.8 Å². The molecule has 0 aliphatic carbocycles. The van der Waals surface area contributed by atoms with Crippen molar-refractivity contribution in [3.63, 3.8) is 0 Å². The first-order valence-electron chi connectivity index (χ1n) is 14.8. The van der Waals surface area contributed by atoms with Gasteiger partial charge in [-0.25, -0.2) is 0 Å². The molecule has 0 aliphatic rings. The van der Waals surface area contributed by atoms with Crippen LogP contribution in [0.5, 0.6) is 0 Å². The zero-order chi connectivity index (χ0) is 24.4. The van der Waals surface area contributed by atoms with Crippen molar-refractivity contribution in [2.75, 3.05) is 0 Å². The average Bonchev–Trinajstić information content (AvgIpc) is 3.32. The maximum atomic E-state index is 6.61. The molecule has 0 aliphatic heterocycles. The summed E-state index contributed by atoms with van der Waals surface area (Å²) in [5.74, 6) is 1.83. The summed E-state index contributed by atoms with van der Waals surface area (Å²) in [4.78, 5) is 0. The molecule has 0 bridgehead atoms. The van der Waals surface area contributed by atoms with E-state index in [-0.39, 0.29) is 10.8 Å². The van der Waals surface area contributed by atoms with Crippen molar-refractivity contribution >= 4 is 0 Å². The Kier molecular flexibility index (Phi) is 16.1. The number of hydrogen-bond acceptors (Lipinski definition) is 3. The van der Waals surface area contributed by atoms with Crippen LogP contribution >= 0.6 is 0 Å². The smallest absolute Gasteiger partial charge is 0.222 e. The first kappa shape index (κ1) is 30.2. The van der Waals surface area contributed by atoms with Crippen LogP contribution in [0.1, 0.15) is 182 Å². The van der Waals surface area contributed by atoms with Crippen LogP contribution in [0.15, 0.2) is 4.42 Å². The minimum atomic E-state index is 0.0255. The number of rotatable bonds is 22. The second-order valence-corrected chi connectivity index (χ2v) is 11.3. The minimum Gasteiger partial charge on any atom is -0.424 e. The number of nitrogens with zero attached hydrogens (tertiary/aromatic N) is 2. The van der Waals surface area contributed by atoms with Crippen LogP contribution in [0.2, 0.25) is 0 Å². The molecule has 0 spiro atoms. The van der Waals surface area contributed by atoms with Gasteiger partial charge in [0.15, 0.2) is 0 Å². The molecule has 0 saturated carbocycles. The molecule has 1 heterocycles. The Hall–Kier alpha value is -0.860. The molecule has 0 N–H and O–H groups in total. The predicted octanol–water partition coefficient (Wildman–Crippen LogP) is 10.5. The van der Waals surface area contributed by atoms with E-state index in [0.29, 0.717) is 0 Å². The maximum Gasteiger partial charge on any atom is 0.222 e. The topological polar surface area (TPSA) is 38.9 Å². The van der Waals surface area contributed by atoms with Gasteiger partial charge in [0.05, 0.1) is 0 Å². The fraction of sp³-hybridized carbons (Fsp3) is 0.933. The van der Waals surface area contributed by atoms with Gasteiger partial charge in [0.2, 0.25) is 11.8 Å². The third kappa shape index (κ3) is 11.4. The molecular formula is C30H58N2O. The standard InChI is InChI=1S/C30H58N2O/c1-7-11-15-18-22-26-30(6,25-21-17-13-9-3)28-32-31-27(33-28)29(5,23-19-14-10-4)24-20-16-12-8-2/h7-26H2,1-6H3. The summed E-state index contributed by atoms with van der Waals surface area (Å²) in [5.41, 5.74) is 0.0517. The Balaban J connectivity index is 2.96. The molecular weight excluding hydrogens is 404 g/mol. The minimum absolute atomic E-state index is 0.0255. The SMILES string of the molecule is CCCCCCCC(C)(CCCCCC)c1nnc(C(C)(CCCCC)CCCCCC)o1. The summed E-state index contributed by atoms with van der Waals surface area (Å²) in [5, 5.41) is 9.44. The molecule has 1 aromatic heterocycles. The molecule has 2 atom stereocenters. The Morgan fingerprint density at radius 2 is 0.727 bits per heavy atom. The molecule has 0 fully saturated rings. The molecule has 0 radical (unpaired) electrons. The molecule has 0 aromatic carbocycles. The van der Waals surface area contributed by atoms with Gasteiger partial charge in [-0.15, -0.1) is 10.2 Å². The average molecular weight is 463 g/mol. The van der Waals surface area contributed by atoms with Crippen molar-refractivity contribution in [1.82, 2.24) is 10.2 Å². The summed E-state index contributed by atoms with van der Waals surface area (Å²) < 4.78 is 6.61. The molecule has 0 amide bonds. The lowest BCUT2D eigenvalue weighted by atomic mass is 9.79. The fourth-order valence-electron chi connectivity index (χ4n) is 5.16. The quantitative estimate of drug-likeness (QED) is 0.161. The molecule has 0 saturated heterocycles. The molecule has 3 nitrogen and oxygen atoms in total. The van der Waals surface area contributed by atoms with E-state index in [0.717, 1.165) is 11.8 Å². The third-order valence-corrected chi connectivity index (χ3v) is 7.79. The largest absolute Gasteiger partial charge is 0.424 e. The first-order valence-corrected chi connectivity index (χ1v) is 14.8. The van der Waals surface area contributed by atoms with Crippen molar-refractivity contribution in [3.8, 4) is 0 Å². The summed E-state index contributed by atoms with van der Waals surface area (Å²) in [6.07, 6.45) is 25.5. The highest BCUT2D eigenvalue weighted by Crippen LogP contribution is 2.39. The number of hydrogen-bond donors (Lipinski definition) is 0. The van der Waals surface area contributed by atoms with Crippen LogP contribution in [0.25, 0.3) is 0 Å². The van der Waals surface area contributed by atoms with Crippen LogP contribution in [-0.4, -0.2) is 10.2 Å². The second kappa shape index (κ2) is 17.6. The lowest BCUT2D eigenvalue weighted by molar-refractivity contribution is 0.241. The van der Waals surface area contributed by atoms with Gasteiger partial charge in [0, 0.05) is 10.8 Å². The normalized spacial score (nSPS) is 15.5. The van der Waals surface area contributed by atoms with Gasteiger partial charge >= 0.3 is 0 Å². The van der Waals surface area contributed by atoms with Gasteiger partial charge in [-0.3, -0.25) is 0 Å². The molecule has 33 heavy (non-hydrogen) atoms. The van der Waals surface area contributed by atoms with Gasteiger partial charge in [-0.1, -0.05) is 144 Å². The lowest BCUT2D eigenvalue weighted by Crippen LogP contribution is -2.24. The van der Waals surface area contributed by atoms with E-state index >= 15 is 0 Å². The van der Waals surface area contributed by atoms with Crippen LogP contribution in [0.4, 0.5) is 0 Å². The van der Waals surface area contributed by atoms with Gasteiger partial charge in [-0.05, 0) is 25.7 Å². The maximum absolute atomic E-state index is 6.61. The van der Waals surface area contributed by atoms with Crippen molar-refractivity contribution in [2.45, 2.75) is 181 Å². The Bertz CT molecular complexity index is 584. The second-order valence-electron chi connectivity index (χ2n) is 11.3. The van der Waals surface area contributed by atoms with E-state index in [1.54, 1.807) is 0 Å². The van der Waals surface area contributed by atoms with E-state index in [9.17, 15) is 0 Å². The summed E-state index contributed by atoms with van der Waals surface area (Å²) in [6, 6.07) is 0. The highest BCUT2D eigenvalue weighted by molar-refractivity contribution is 5.07. The lowest BCUT2D eigenvalue weighted by Gasteiger charge is -2.28. The van der Waals surface area contributed by atoms with Crippen molar-refractivity contribution in [3.05, 3.63) is 11.8 Å². The Morgan fingerprint density at radius 3 is 1.09 bits per heavy atom. The highest BCUT2D eigenvalue weighted by Gasteiger charge is 2.36. The zero-order valence-corrected chi connectivity index (χ0v) is 23.4. The monoisotopic (exact) mass is 462 g/mol. The first-order chi connectivity index (χ1) is 16.0. The Labute approximate surface area is 207 Å². The number of unbranched alkanes of at least 4 members (excludes halogenated alkanes) is 12. The van der Waals surface area contributed by atoms with Gasteiger partial charge in [0.1, 0.15) is 0 Å². The summed E-state index contributed by atoms with van der Waals surface area (Å²) in [7, 11) is 0. The van der Waals surface area contributed by atoms with E-state index in [1.165, 1.54) is 128 Å². The van der Waals surface area contributed by atoms with Gasteiger partial charge in [-0.2, -0.15) is 0 Å². The fourth-order valence-corrected chi connectivity index (χ4v) is 5.16. The van der Waals surface area contributed by atoms with Crippen molar-refractivity contribution in [2.24, 2.45) is 0 Å². The third-order valence-electron chi connectivity index (χ3n) is 7.79. The van der Waals surface area contributed by atoms with E-state index < -0.39 is 0 Å². The van der Waals surface area contributed by atoms with Crippen LogP contribution in [0.3, 0.4) is 0 Å². The molecule has 2 unspecified atom stereocenters. The van der Waals surface area contributed by atoms with E-state index in [4.69, 9.17) is 14.6 Å². The van der Waals surface area contributed by atoms with Crippen LogP contribution < -0.4 is 0 Å². The molecule has 1 rings (SSSR count).